The van der Waals surface area contributed by atoms with E-state index in [9.17, 15) is 0 Å². The topological polar surface area (TPSA) is 22.1 Å². The van der Waals surface area contributed by atoms with Crippen LogP contribution in [0.5, 0.6) is 5.75 Å². The Balaban J connectivity index is 1.80. The van der Waals surface area contributed by atoms with Crippen LogP contribution in [-0.2, 0) is 6.42 Å². The minimum absolute atomic E-state index is 0.403. The highest BCUT2D eigenvalue weighted by Gasteiger charge is 2.22. The number of rotatable bonds is 8. The number of ether oxygens (including phenoxy) is 1. The Morgan fingerprint density at radius 2 is 1.82 bits per heavy atom. The van der Waals surface area contributed by atoms with Crippen molar-refractivity contribution in [1.29, 1.82) is 0 Å². The molecule has 2 nitrogen and oxygen atoms in total. The van der Waals surface area contributed by atoms with Gasteiger partial charge in [0, 0.05) is 5.69 Å². The minimum Gasteiger partial charge on any atom is -0.489 e. The number of hydrogen-bond acceptors (Lipinski definition) is 2. The van der Waals surface area contributed by atoms with Crippen molar-refractivity contribution in [1.82, 2.24) is 4.98 Å². The van der Waals surface area contributed by atoms with Crippen molar-refractivity contribution in [3.05, 3.63) is 23.5 Å². The fraction of sp³-hybridized carbons (Fsp3) is 0.750. The van der Waals surface area contributed by atoms with Gasteiger partial charge in [-0.05, 0) is 63.0 Å². The van der Waals surface area contributed by atoms with Gasteiger partial charge in [0.05, 0.1) is 12.3 Å². The summed E-state index contributed by atoms with van der Waals surface area (Å²) in [5.74, 6) is 1.91. The first-order valence-corrected chi connectivity index (χ1v) is 9.35. The van der Waals surface area contributed by atoms with Gasteiger partial charge in [-0.1, -0.05) is 39.5 Å². The molecular formula is C20H33NO. The summed E-state index contributed by atoms with van der Waals surface area (Å²) >= 11 is 0. The van der Waals surface area contributed by atoms with Gasteiger partial charge >= 0.3 is 0 Å². The van der Waals surface area contributed by atoms with E-state index in [0.717, 1.165) is 18.1 Å². The van der Waals surface area contributed by atoms with Gasteiger partial charge in [0.2, 0.25) is 0 Å². The number of hydrogen-bond donors (Lipinski definition) is 0. The Bertz CT molecular complexity index is 435. The largest absolute Gasteiger partial charge is 0.489 e. The summed E-state index contributed by atoms with van der Waals surface area (Å²) in [6.45, 7) is 6.67. The smallest absolute Gasteiger partial charge is 0.138 e. The summed E-state index contributed by atoms with van der Waals surface area (Å²) in [5.41, 5.74) is 2.51. The summed E-state index contributed by atoms with van der Waals surface area (Å²) in [6.07, 6.45) is 15.1. The average Bonchev–Trinajstić information content (AvgIpc) is 2.53. The van der Waals surface area contributed by atoms with Crippen LogP contribution in [0.3, 0.4) is 0 Å². The van der Waals surface area contributed by atoms with Crippen LogP contribution in [0, 0.1) is 12.8 Å². The molecule has 1 fully saturated rings. The summed E-state index contributed by atoms with van der Waals surface area (Å²) in [5, 5.41) is 0. The lowest BCUT2D eigenvalue weighted by Gasteiger charge is -2.29. The molecule has 1 aromatic heterocycles. The molecule has 0 unspecified atom stereocenters. The molecule has 1 aliphatic carbocycles. The maximum absolute atomic E-state index is 6.19. The lowest BCUT2D eigenvalue weighted by Crippen LogP contribution is -2.24. The maximum atomic E-state index is 6.19. The van der Waals surface area contributed by atoms with E-state index in [1.165, 1.54) is 69.0 Å². The SMILES string of the molecule is CCCCc1ncc(OC2CCC(CCCC)CC2)cc1C. The molecule has 2 rings (SSSR count). The molecule has 0 radical (unpaired) electrons. The summed E-state index contributed by atoms with van der Waals surface area (Å²) in [4.78, 5) is 4.61. The molecular weight excluding hydrogens is 270 g/mol. The van der Waals surface area contributed by atoms with Gasteiger partial charge in [0.1, 0.15) is 5.75 Å². The predicted octanol–water partition coefficient (Wildman–Crippen LogP) is 5.86. The third-order valence-corrected chi connectivity index (χ3v) is 4.99. The zero-order valence-electron chi connectivity index (χ0n) is 14.7. The highest BCUT2D eigenvalue weighted by molar-refractivity contribution is 5.28. The van der Waals surface area contributed by atoms with E-state index in [2.05, 4.69) is 31.8 Å². The molecule has 0 aromatic carbocycles. The Morgan fingerprint density at radius 3 is 2.45 bits per heavy atom. The van der Waals surface area contributed by atoms with Gasteiger partial charge in [-0.15, -0.1) is 0 Å². The summed E-state index contributed by atoms with van der Waals surface area (Å²) in [7, 11) is 0. The summed E-state index contributed by atoms with van der Waals surface area (Å²) in [6, 6.07) is 2.18. The number of nitrogens with zero attached hydrogens (tertiary/aromatic N) is 1. The number of aromatic nitrogens is 1. The molecule has 0 N–H and O–H groups in total. The van der Waals surface area contributed by atoms with Gasteiger partial charge in [-0.3, -0.25) is 4.98 Å². The van der Waals surface area contributed by atoms with Crippen LogP contribution in [-0.4, -0.2) is 11.1 Å². The highest BCUT2D eigenvalue weighted by atomic mass is 16.5. The van der Waals surface area contributed by atoms with E-state index in [1.54, 1.807) is 0 Å². The molecule has 22 heavy (non-hydrogen) atoms. The minimum atomic E-state index is 0.403. The molecule has 0 saturated heterocycles. The van der Waals surface area contributed by atoms with E-state index in [-0.39, 0.29) is 0 Å². The molecule has 0 atom stereocenters. The molecule has 1 saturated carbocycles. The zero-order chi connectivity index (χ0) is 15.8. The monoisotopic (exact) mass is 303 g/mol. The van der Waals surface area contributed by atoms with Crippen molar-refractivity contribution >= 4 is 0 Å². The lowest BCUT2D eigenvalue weighted by atomic mass is 9.84. The van der Waals surface area contributed by atoms with Crippen LogP contribution in [0.4, 0.5) is 0 Å². The van der Waals surface area contributed by atoms with Gasteiger partial charge < -0.3 is 4.74 Å². The molecule has 0 bridgehead atoms. The fourth-order valence-electron chi connectivity index (χ4n) is 3.47. The van der Waals surface area contributed by atoms with Crippen LogP contribution < -0.4 is 4.74 Å². The molecule has 1 heterocycles. The van der Waals surface area contributed by atoms with Crippen LogP contribution in [0.25, 0.3) is 0 Å². The number of pyridine rings is 1. The number of aryl methyl sites for hydroxylation is 2. The Labute approximate surface area is 136 Å². The first-order valence-electron chi connectivity index (χ1n) is 9.35. The van der Waals surface area contributed by atoms with Crippen LogP contribution in [0.15, 0.2) is 12.3 Å². The summed E-state index contributed by atoms with van der Waals surface area (Å²) < 4.78 is 6.19. The third kappa shape index (κ3) is 5.30. The normalized spacial score (nSPS) is 21.8. The van der Waals surface area contributed by atoms with Crippen molar-refractivity contribution in [2.75, 3.05) is 0 Å². The average molecular weight is 303 g/mol. The standard InChI is InChI=1S/C20H33NO/c1-4-6-8-17-10-12-18(13-11-17)22-19-14-16(3)20(21-15-19)9-7-5-2/h14-15,17-18H,4-13H2,1-3H3. The molecule has 1 aliphatic rings. The lowest BCUT2D eigenvalue weighted by molar-refractivity contribution is 0.127. The second kappa shape index (κ2) is 9.17. The van der Waals surface area contributed by atoms with Crippen molar-refractivity contribution in [3.8, 4) is 5.75 Å². The van der Waals surface area contributed by atoms with Gasteiger partial charge in [0.25, 0.3) is 0 Å². The predicted molar refractivity (Wildman–Crippen MR) is 93.5 cm³/mol. The van der Waals surface area contributed by atoms with Gasteiger partial charge in [0.15, 0.2) is 0 Å². The quantitative estimate of drug-likeness (QED) is 0.600. The van der Waals surface area contributed by atoms with Crippen LogP contribution in [0.1, 0.15) is 82.9 Å². The fourth-order valence-corrected chi connectivity index (χ4v) is 3.47. The Kier molecular flexibility index (Phi) is 7.21. The zero-order valence-corrected chi connectivity index (χ0v) is 14.7. The Morgan fingerprint density at radius 1 is 1.09 bits per heavy atom. The van der Waals surface area contributed by atoms with E-state index < -0.39 is 0 Å². The van der Waals surface area contributed by atoms with Crippen molar-refractivity contribution in [2.45, 2.75) is 91.1 Å². The molecule has 0 aliphatic heterocycles. The first-order chi connectivity index (χ1) is 10.7. The molecule has 2 heteroatoms. The second-order valence-corrected chi connectivity index (χ2v) is 6.94. The van der Waals surface area contributed by atoms with Crippen LogP contribution in [0.2, 0.25) is 0 Å². The van der Waals surface area contributed by atoms with Crippen LogP contribution >= 0.6 is 0 Å². The second-order valence-electron chi connectivity index (χ2n) is 6.94. The highest BCUT2D eigenvalue weighted by Crippen LogP contribution is 2.30. The molecule has 124 valence electrons. The molecule has 1 aromatic rings. The molecule has 0 amide bonds. The van der Waals surface area contributed by atoms with Gasteiger partial charge in [-0.2, -0.15) is 0 Å². The van der Waals surface area contributed by atoms with E-state index in [4.69, 9.17) is 4.74 Å². The number of unbranched alkanes of at least 4 members (excludes halogenated alkanes) is 2. The van der Waals surface area contributed by atoms with E-state index in [0.29, 0.717) is 6.10 Å². The third-order valence-electron chi connectivity index (χ3n) is 4.99. The van der Waals surface area contributed by atoms with Crippen molar-refractivity contribution < 1.29 is 4.74 Å². The first kappa shape index (κ1) is 17.3. The molecule has 0 spiro atoms. The Hall–Kier alpha value is -1.05. The maximum Gasteiger partial charge on any atom is 0.138 e. The van der Waals surface area contributed by atoms with E-state index in [1.807, 2.05) is 6.20 Å². The van der Waals surface area contributed by atoms with E-state index >= 15 is 0 Å². The van der Waals surface area contributed by atoms with Crippen molar-refractivity contribution in [3.63, 3.8) is 0 Å². The van der Waals surface area contributed by atoms with Gasteiger partial charge in [-0.25, -0.2) is 0 Å². The van der Waals surface area contributed by atoms with Crippen molar-refractivity contribution in [2.24, 2.45) is 5.92 Å².